The summed E-state index contributed by atoms with van der Waals surface area (Å²) in [6.07, 6.45) is 2.10. The van der Waals surface area contributed by atoms with Crippen molar-refractivity contribution < 1.29 is 23.7 Å². The molecule has 0 aliphatic carbocycles. The Kier molecular flexibility index (Phi) is 8.22. The molecule has 0 bridgehead atoms. The standard InChI is InChI=1S/C30H42O5/c1-7-29(17-31-18-29)23(5)33-21(3)25-13-9-11-15-27(25)35-28-16-12-10-14-26(28)22(4)34-24(6)30(8-2)19-32-20-30/h9-16,21-24H,7-8,17-20H2,1-6H3. The zero-order valence-electron chi connectivity index (χ0n) is 22.2. The van der Waals surface area contributed by atoms with Crippen molar-refractivity contribution in [1.82, 2.24) is 0 Å². The van der Waals surface area contributed by atoms with E-state index in [0.717, 1.165) is 61.9 Å². The van der Waals surface area contributed by atoms with Gasteiger partial charge in [0.05, 0.1) is 50.8 Å². The first-order valence-electron chi connectivity index (χ1n) is 13.2. The molecule has 4 atom stereocenters. The van der Waals surface area contributed by atoms with Gasteiger partial charge in [-0.2, -0.15) is 0 Å². The van der Waals surface area contributed by atoms with Gasteiger partial charge in [-0.1, -0.05) is 50.2 Å². The van der Waals surface area contributed by atoms with Crippen LogP contribution in [0.25, 0.3) is 0 Å². The summed E-state index contributed by atoms with van der Waals surface area (Å²) in [6.45, 7) is 16.0. The zero-order chi connectivity index (χ0) is 25.1. The van der Waals surface area contributed by atoms with Gasteiger partial charge in [-0.25, -0.2) is 0 Å². The third kappa shape index (κ3) is 5.29. The van der Waals surface area contributed by atoms with Gasteiger partial charge in [0.15, 0.2) is 0 Å². The molecule has 5 heteroatoms. The number of hydrogen-bond donors (Lipinski definition) is 0. The van der Waals surface area contributed by atoms with E-state index in [9.17, 15) is 0 Å². The van der Waals surface area contributed by atoms with E-state index in [1.807, 2.05) is 36.4 Å². The Bertz CT molecular complexity index is 876. The maximum Gasteiger partial charge on any atom is 0.133 e. The summed E-state index contributed by atoms with van der Waals surface area (Å²) in [5, 5.41) is 0. The predicted octanol–water partition coefficient (Wildman–Crippen LogP) is 7.26. The van der Waals surface area contributed by atoms with Gasteiger partial charge in [-0.3, -0.25) is 0 Å². The Morgan fingerprint density at radius 2 is 1.03 bits per heavy atom. The van der Waals surface area contributed by atoms with Crippen LogP contribution in [0.5, 0.6) is 11.5 Å². The molecule has 2 aromatic rings. The highest BCUT2D eigenvalue weighted by molar-refractivity contribution is 5.43. The fourth-order valence-corrected chi connectivity index (χ4v) is 5.17. The largest absolute Gasteiger partial charge is 0.457 e. The van der Waals surface area contributed by atoms with Crippen LogP contribution < -0.4 is 4.74 Å². The summed E-state index contributed by atoms with van der Waals surface area (Å²) in [5.41, 5.74) is 2.31. The molecule has 4 rings (SSSR count). The van der Waals surface area contributed by atoms with Gasteiger partial charge in [0.1, 0.15) is 11.5 Å². The van der Waals surface area contributed by atoms with Crippen LogP contribution in [-0.4, -0.2) is 38.6 Å². The quantitative estimate of drug-likeness (QED) is 0.318. The molecular formula is C30H42O5. The lowest BCUT2D eigenvalue weighted by atomic mass is 9.78. The number of rotatable bonds is 12. The lowest BCUT2D eigenvalue weighted by molar-refractivity contribution is -0.195. The van der Waals surface area contributed by atoms with E-state index < -0.39 is 0 Å². The molecule has 2 saturated heterocycles. The number of benzene rings is 2. The highest BCUT2D eigenvalue weighted by Gasteiger charge is 2.44. The van der Waals surface area contributed by atoms with E-state index in [-0.39, 0.29) is 35.2 Å². The van der Waals surface area contributed by atoms with Gasteiger partial charge < -0.3 is 23.7 Å². The minimum Gasteiger partial charge on any atom is -0.457 e. The molecule has 0 aromatic heterocycles. The lowest BCUT2D eigenvalue weighted by Gasteiger charge is -2.46. The summed E-state index contributed by atoms with van der Waals surface area (Å²) in [7, 11) is 0. The predicted molar refractivity (Wildman–Crippen MR) is 138 cm³/mol. The monoisotopic (exact) mass is 482 g/mol. The van der Waals surface area contributed by atoms with Gasteiger partial charge in [-0.05, 0) is 52.7 Å². The number of hydrogen-bond acceptors (Lipinski definition) is 5. The first-order chi connectivity index (χ1) is 16.8. The van der Waals surface area contributed by atoms with Crippen molar-refractivity contribution in [3.63, 3.8) is 0 Å². The first-order valence-corrected chi connectivity index (χ1v) is 13.2. The highest BCUT2D eigenvalue weighted by Crippen LogP contribution is 2.42. The molecule has 0 saturated carbocycles. The molecular weight excluding hydrogens is 440 g/mol. The summed E-state index contributed by atoms with van der Waals surface area (Å²) >= 11 is 0. The van der Waals surface area contributed by atoms with Crippen molar-refractivity contribution in [2.75, 3.05) is 26.4 Å². The molecule has 2 fully saturated rings. The Hall–Kier alpha value is -1.92. The van der Waals surface area contributed by atoms with Gasteiger partial charge in [0, 0.05) is 22.0 Å². The van der Waals surface area contributed by atoms with Crippen molar-refractivity contribution in [2.45, 2.75) is 78.8 Å². The van der Waals surface area contributed by atoms with Crippen molar-refractivity contribution in [3.05, 3.63) is 59.7 Å². The fraction of sp³-hybridized carbons (Fsp3) is 0.600. The van der Waals surface area contributed by atoms with Gasteiger partial charge in [0.2, 0.25) is 0 Å². The average Bonchev–Trinajstić information content (AvgIpc) is 2.79. The van der Waals surface area contributed by atoms with E-state index in [2.05, 4.69) is 53.7 Å². The molecule has 0 radical (unpaired) electrons. The van der Waals surface area contributed by atoms with Gasteiger partial charge in [0.25, 0.3) is 0 Å². The number of para-hydroxylation sites is 2. The maximum absolute atomic E-state index is 6.54. The normalized spacial score (nSPS) is 21.8. The van der Waals surface area contributed by atoms with E-state index in [1.54, 1.807) is 0 Å². The van der Waals surface area contributed by atoms with E-state index in [1.165, 1.54) is 0 Å². The minimum absolute atomic E-state index is 0.103. The zero-order valence-corrected chi connectivity index (χ0v) is 22.2. The van der Waals surface area contributed by atoms with Crippen LogP contribution in [0.1, 0.15) is 77.7 Å². The molecule has 0 amide bonds. The lowest BCUT2D eigenvalue weighted by Crippen LogP contribution is -2.51. The Balaban J connectivity index is 1.49. The Labute approximate surface area is 211 Å². The molecule has 2 aromatic carbocycles. The first kappa shape index (κ1) is 26.2. The van der Waals surface area contributed by atoms with Gasteiger partial charge >= 0.3 is 0 Å². The Morgan fingerprint density at radius 3 is 1.34 bits per heavy atom. The molecule has 5 nitrogen and oxygen atoms in total. The average molecular weight is 483 g/mol. The topological polar surface area (TPSA) is 46.2 Å². The Morgan fingerprint density at radius 1 is 0.657 bits per heavy atom. The molecule has 0 spiro atoms. The third-order valence-electron chi connectivity index (χ3n) is 8.44. The van der Waals surface area contributed by atoms with Gasteiger partial charge in [-0.15, -0.1) is 0 Å². The highest BCUT2D eigenvalue weighted by atomic mass is 16.5. The smallest absolute Gasteiger partial charge is 0.133 e. The molecule has 2 aliphatic rings. The van der Waals surface area contributed by atoms with Crippen molar-refractivity contribution in [2.24, 2.45) is 10.8 Å². The molecule has 2 aliphatic heterocycles. The molecule has 2 heterocycles. The fourth-order valence-electron chi connectivity index (χ4n) is 5.17. The molecule has 0 N–H and O–H groups in total. The third-order valence-corrected chi connectivity index (χ3v) is 8.44. The molecule has 35 heavy (non-hydrogen) atoms. The van der Waals surface area contributed by atoms with Crippen LogP contribution in [0.2, 0.25) is 0 Å². The molecule has 192 valence electrons. The second-order valence-electron chi connectivity index (χ2n) is 10.4. The maximum atomic E-state index is 6.54. The van der Waals surface area contributed by atoms with Crippen LogP contribution in [0.3, 0.4) is 0 Å². The second kappa shape index (κ2) is 11.0. The van der Waals surface area contributed by atoms with Crippen LogP contribution >= 0.6 is 0 Å². The number of ether oxygens (including phenoxy) is 5. The SMILES string of the molecule is CCC1(C(C)OC(C)c2ccccc2Oc2ccccc2C(C)OC(C)C2(CC)COC2)COC1. The van der Waals surface area contributed by atoms with E-state index in [0.29, 0.717) is 0 Å². The van der Waals surface area contributed by atoms with Crippen LogP contribution in [0.4, 0.5) is 0 Å². The molecule has 4 unspecified atom stereocenters. The summed E-state index contributed by atoms with van der Waals surface area (Å²) in [5.74, 6) is 1.63. The summed E-state index contributed by atoms with van der Waals surface area (Å²) in [4.78, 5) is 0. The minimum atomic E-state index is -0.103. The van der Waals surface area contributed by atoms with Crippen molar-refractivity contribution >= 4 is 0 Å². The van der Waals surface area contributed by atoms with Crippen LogP contribution in [0.15, 0.2) is 48.5 Å². The van der Waals surface area contributed by atoms with Crippen molar-refractivity contribution in [1.29, 1.82) is 0 Å². The second-order valence-corrected chi connectivity index (χ2v) is 10.4. The van der Waals surface area contributed by atoms with Crippen LogP contribution in [0, 0.1) is 10.8 Å². The van der Waals surface area contributed by atoms with Crippen LogP contribution in [-0.2, 0) is 18.9 Å². The summed E-state index contributed by atoms with van der Waals surface area (Å²) < 4.78 is 30.6. The van der Waals surface area contributed by atoms with E-state index in [4.69, 9.17) is 23.7 Å². The summed E-state index contributed by atoms with van der Waals surface area (Å²) in [6, 6.07) is 16.3. The van der Waals surface area contributed by atoms with Crippen molar-refractivity contribution in [3.8, 4) is 11.5 Å². The van der Waals surface area contributed by atoms with E-state index >= 15 is 0 Å².